The summed E-state index contributed by atoms with van der Waals surface area (Å²) in [5.74, 6) is -0.342. The van der Waals surface area contributed by atoms with E-state index in [4.69, 9.17) is 37.0 Å². The van der Waals surface area contributed by atoms with Crippen molar-refractivity contribution >= 4 is 34.3 Å². The van der Waals surface area contributed by atoms with Gasteiger partial charge in [-0.05, 0) is 64.2 Å². The highest BCUT2D eigenvalue weighted by Gasteiger charge is 2.42. The van der Waals surface area contributed by atoms with Crippen LogP contribution < -0.4 is 21.3 Å². The lowest BCUT2D eigenvalue weighted by Crippen LogP contribution is -2.44. The standard InChI is InChI=1S/C83H169N4O17P2/c1-7-13-19-25-29-33-35-39-41-47-53-59-79(88)86-75(71-97-67-63-77(57-51-45-23-17-11-5)103-81(90)61-55-49-43-37-31-27-21-15-9-3)73-101-105(93,94)99-69-65-84-83(92)85-66-70-100-106(95,96)102-74-76(87-80(89)60-54-48-42-40-36-34-30-26-20-14-8-2)72-98-68-64-78(58-52-46-24-18-12-6)104-82(91)62-56-50-44-38-32-28-22-16-10-4/h75-80,86-89,93-96H,7-74H2,1-6H3,(H-,84,85,92)/q+1/p+1. The molecule has 0 aliphatic carbocycles. The minimum Gasteiger partial charge on any atom is -0.462 e. The summed E-state index contributed by atoms with van der Waals surface area (Å²) in [5, 5.41) is 33.7. The molecule has 0 saturated heterocycles. The van der Waals surface area contributed by atoms with Gasteiger partial charge in [0.1, 0.15) is 51.1 Å². The molecule has 2 amide bonds. The molecule has 0 aliphatic rings. The zero-order valence-corrected chi connectivity index (χ0v) is 70.9. The van der Waals surface area contributed by atoms with Crippen LogP contribution in [0.15, 0.2) is 0 Å². The lowest BCUT2D eigenvalue weighted by atomic mass is 10.0. The number of urea groups is 1. The maximum Gasteiger partial charge on any atom is 0.570 e. The number of carbonyl (C=O) groups excluding carboxylic acids is 3. The van der Waals surface area contributed by atoms with E-state index >= 15 is 0 Å². The zero-order chi connectivity index (χ0) is 77.8. The predicted molar refractivity (Wildman–Crippen MR) is 437 cm³/mol. The van der Waals surface area contributed by atoms with Gasteiger partial charge in [0.15, 0.2) is 0 Å². The van der Waals surface area contributed by atoms with Crippen LogP contribution in [0.25, 0.3) is 0 Å². The largest absolute Gasteiger partial charge is 0.570 e. The maximum absolute atomic E-state index is 13.1. The molecule has 0 rings (SSSR count). The number of esters is 2. The topological polar surface area (TPSA) is 295 Å². The second kappa shape index (κ2) is 78.8. The summed E-state index contributed by atoms with van der Waals surface area (Å²) in [7, 11) is -8.82. The highest BCUT2D eigenvalue weighted by molar-refractivity contribution is 7.54. The highest BCUT2D eigenvalue weighted by Crippen LogP contribution is 2.53. The van der Waals surface area contributed by atoms with Crippen molar-refractivity contribution in [3.8, 4) is 0 Å². The molecule has 0 heterocycles. The van der Waals surface area contributed by atoms with Crippen LogP contribution in [0.1, 0.15) is 414 Å². The molecule has 0 bridgehead atoms. The van der Waals surface area contributed by atoms with Crippen molar-refractivity contribution in [3.63, 3.8) is 0 Å². The second-order valence-electron chi connectivity index (χ2n) is 30.3. The molecule has 21 nitrogen and oxygen atoms in total. The molecule has 106 heavy (non-hydrogen) atoms. The molecular weight excluding hydrogens is 1390 g/mol. The molecule has 6 atom stereocenters. The van der Waals surface area contributed by atoms with Gasteiger partial charge in [-0.3, -0.25) is 20.2 Å². The quantitative estimate of drug-likeness (QED) is 0.0117. The van der Waals surface area contributed by atoms with Crippen LogP contribution in [-0.2, 0) is 46.6 Å². The molecule has 0 aromatic rings. The van der Waals surface area contributed by atoms with Gasteiger partial charge in [-0.25, -0.2) is 4.79 Å². The Balaban J connectivity index is 5.55. The van der Waals surface area contributed by atoms with Crippen LogP contribution in [0.2, 0.25) is 0 Å². The van der Waals surface area contributed by atoms with Crippen molar-refractivity contribution in [3.05, 3.63) is 0 Å². The van der Waals surface area contributed by atoms with Crippen LogP contribution in [0.4, 0.5) is 4.79 Å². The molecule has 6 unspecified atom stereocenters. The molecule has 0 spiro atoms. The third-order valence-electron chi connectivity index (χ3n) is 19.8. The van der Waals surface area contributed by atoms with Gasteiger partial charge >= 0.3 is 34.3 Å². The monoisotopic (exact) mass is 1560 g/mol. The van der Waals surface area contributed by atoms with Gasteiger partial charge in [-0.15, -0.1) is 0 Å². The van der Waals surface area contributed by atoms with Crippen LogP contribution in [0.5, 0.6) is 0 Å². The molecular formula is C83H170N4O17P2+2. The first-order chi connectivity index (χ1) is 51.5. The van der Waals surface area contributed by atoms with E-state index in [1.165, 1.54) is 193 Å². The van der Waals surface area contributed by atoms with E-state index in [1.807, 2.05) is 0 Å². The van der Waals surface area contributed by atoms with E-state index in [-0.39, 0.29) is 90.1 Å². The number of hydrogen-bond acceptors (Lipinski definition) is 19. The number of aliphatic hydroxyl groups is 2. The molecule has 23 heteroatoms. The molecule has 0 fully saturated rings. The van der Waals surface area contributed by atoms with E-state index in [9.17, 15) is 44.2 Å². The van der Waals surface area contributed by atoms with Gasteiger partial charge in [0.25, 0.3) is 0 Å². The molecule has 0 saturated carbocycles. The van der Waals surface area contributed by atoms with Gasteiger partial charge in [0.2, 0.25) is 0 Å². The van der Waals surface area contributed by atoms with Crippen LogP contribution in [-0.4, -0.2) is 150 Å². The Morgan fingerprint density at radius 1 is 0.292 bits per heavy atom. The fourth-order valence-electron chi connectivity index (χ4n) is 13.2. The third kappa shape index (κ3) is 75.2. The van der Waals surface area contributed by atoms with Gasteiger partial charge in [-0.1, -0.05) is 324 Å². The maximum atomic E-state index is 13.1. The lowest BCUT2D eigenvalue weighted by Gasteiger charge is -2.23. The van der Waals surface area contributed by atoms with Gasteiger partial charge < -0.3 is 39.8 Å². The predicted octanol–water partition coefficient (Wildman–Crippen LogP) is 20.8. The van der Waals surface area contributed by atoms with E-state index < -0.39 is 46.9 Å². The number of ether oxygens (including phenoxy) is 4. The molecule has 632 valence electrons. The third-order valence-corrected chi connectivity index (χ3v) is 21.8. The van der Waals surface area contributed by atoms with Crippen molar-refractivity contribution in [1.29, 1.82) is 0 Å². The first kappa shape index (κ1) is 105. The number of amides is 2. The average Bonchev–Trinajstić information content (AvgIpc) is 0.919. The van der Waals surface area contributed by atoms with Gasteiger partial charge in [0, 0.05) is 38.8 Å². The molecule has 0 aliphatic heterocycles. The SMILES string of the molecule is CCCCCCCCCCCCCC(O)NC(COCCC(CCCCCCC)OC(=O)CCCCCCCCCCC)CO[P+](O)(O)OCCNC(=O)NCCO[P+](O)(O)OCC(COCCC(CCCCCCC)OC(=O)CCCCCCCCCCC)NC(O)CCCCCCCCCCCCC. The summed E-state index contributed by atoms with van der Waals surface area (Å²) >= 11 is 0. The summed E-state index contributed by atoms with van der Waals surface area (Å²) in [4.78, 5) is 82.3. The minimum absolute atomic E-state index is 0.0654. The van der Waals surface area contributed by atoms with Crippen LogP contribution in [0, 0.1) is 0 Å². The smallest absolute Gasteiger partial charge is 0.462 e. The van der Waals surface area contributed by atoms with E-state index in [2.05, 4.69) is 62.8 Å². The van der Waals surface area contributed by atoms with Crippen LogP contribution in [0.3, 0.4) is 0 Å². The highest BCUT2D eigenvalue weighted by atomic mass is 31.2. The summed E-state index contributed by atoms with van der Waals surface area (Å²) in [6, 6.07) is -1.97. The minimum atomic E-state index is -4.41. The lowest BCUT2D eigenvalue weighted by molar-refractivity contribution is -0.151. The Kier molecular flexibility index (Phi) is 77.7. The summed E-state index contributed by atoms with van der Waals surface area (Å²) in [6.45, 7) is 12.5. The number of nitrogens with one attached hydrogen (secondary N) is 4. The molecule has 10 N–H and O–H groups in total. The number of carbonyl (C=O) groups is 3. The first-order valence-electron chi connectivity index (χ1n) is 44.2. The Morgan fingerprint density at radius 3 is 0.811 bits per heavy atom. The fraction of sp³-hybridized carbons (Fsp3) is 0.964. The van der Waals surface area contributed by atoms with Crippen molar-refractivity contribution in [1.82, 2.24) is 21.3 Å². The summed E-state index contributed by atoms with van der Waals surface area (Å²) < 4.78 is 46.1. The number of aliphatic hydroxyl groups excluding tert-OH is 2. The first-order valence-corrected chi connectivity index (χ1v) is 47.3. The van der Waals surface area contributed by atoms with E-state index in [0.717, 1.165) is 141 Å². The van der Waals surface area contributed by atoms with Crippen molar-refractivity contribution in [2.24, 2.45) is 0 Å². The number of hydrogen-bond donors (Lipinski definition) is 10. The van der Waals surface area contributed by atoms with Crippen molar-refractivity contribution in [2.45, 2.75) is 451 Å². The zero-order valence-electron chi connectivity index (χ0n) is 69.1. The van der Waals surface area contributed by atoms with Gasteiger partial charge in [-0.2, -0.15) is 37.7 Å². The average molecular weight is 1560 g/mol. The van der Waals surface area contributed by atoms with E-state index in [0.29, 0.717) is 38.5 Å². The number of unbranched alkanes of at least 4 members (excludes halogenated alkanes) is 44. The van der Waals surface area contributed by atoms with Crippen LogP contribution >= 0.6 is 16.3 Å². The Hall–Kier alpha value is -1.49. The Labute approximate surface area is 650 Å². The second-order valence-corrected chi connectivity index (χ2v) is 33.3. The van der Waals surface area contributed by atoms with E-state index in [1.54, 1.807) is 0 Å². The Morgan fingerprint density at radius 2 is 0.538 bits per heavy atom. The van der Waals surface area contributed by atoms with Crippen molar-refractivity contribution < 1.29 is 81.2 Å². The van der Waals surface area contributed by atoms with Gasteiger partial charge in [0.05, 0.1) is 38.5 Å². The molecule has 0 radical (unpaired) electrons. The molecule has 0 aromatic carbocycles. The summed E-state index contributed by atoms with van der Waals surface area (Å²) in [6.07, 6.45) is 60.0. The fourth-order valence-corrected chi connectivity index (χ4v) is 14.7. The molecule has 0 aromatic heterocycles. The number of rotatable bonds is 86. The van der Waals surface area contributed by atoms with Crippen molar-refractivity contribution in [2.75, 3.05) is 65.9 Å². The Bertz CT molecular complexity index is 1750. The normalized spacial score (nSPS) is 13.8. The summed E-state index contributed by atoms with van der Waals surface area (Å²) in [5.41, 5.74) is 0.